The summed E-state index contributed by atoms with van der Waals surface area (Å²) in [4.78, 5) is 0.0325. The van der Waals surface area contributed by atoms with Gasteiger partial charge in [-0.05, 0) is 31.0 Å². The molecule has 18 heavy (non-hydrogen) atoms. The predicted octanol–water partition coefficient (Wildman–Crippen LogP) is 2.64. The lowest BCUT2D eigenvalue weighted by Gasteiger charge is -2.20. The van der Waals surface area contributed by atoms with Crippen LogP contribution in [0.3, 0.4) is 0 Å². The maximum atomic E-state index is 12.2. The van der Waals surface area contributed by atoms with Crippen LogP contribution >= 0.6 is 11.6 Å². The molecule has 0 aliphatic carbocycles. The summed E-state index contributed by atoms with van der Waals surface area (Å²) in [6, 6.07) is 4.26. The van der Waals surface area contributed by atoms with Crippen molar-refractivity contribution in [1.82, 2.24) is 4.72 Å². The van der Waals surface area contributed by atoms with E-state index in [1.165, 1.54) is 12.1 Å². The van der Waals surface area contributed by atoms with Crippen molar-refractivity contribution in [3.63, 3.8) is 0 Å². The standard InChI is InChI=1S/C12H19ClN2O2S/c1-4-8(2)9(3)15-18(16,17)12-7-10(13)5-6-11(12)14/h5-9,15H,4,14H2,1-3H3. The fraction of sp³-hybridized carbons (Fsp3) is 0.500. The molecule has 0 bridgehead atoms. The molecule has 1 aromatic rings. The maximum absolute atomic E-state index is 12.2. The Morgan fingerprint density at radius 2 is 2.00 bits per heavy atom. The highest BCUT2D eigenvalue weighted by Crippen LogP contribution is 2.23. The van der Waals surface area contributed by atoms with Gasteiger partial charge in [0.25, 0.3) is 0 Å². The van der Waals surface area contributed by atoms with Crippen LogP contribution in [-0.4, -0.2) is 14.5 Å². The van der Waals surface area contributed by atoms with Crippen LogP contribution in [-0.2, 0) is 10.0 Å². The summed E-state index contributed by atoms with van der Waals surface area (Å²) in [6.07, 6.45) is 0.898. The molecule has 0 aliphatic heterocycles. The molecule has 102 valence electrons. The van der Waals surface area contributed by atoms with Crippen molar-refractivity contribution in [2.24, 2.45) is 5.92 Å². The number of sulfonamides is 1. The Hall–Kier alpha value is -0.780. The second-order valence-electron chi connectivity index (χ2n) is 4.48. The minimum absolute atomic E-state index is 0.0325. The molecule has 6 heteroatoms. The summed E-state index contributed by atoms with van der Waals surface area (Å²) in [6.45, 7) is 5.85. The Bertz CT molecular complexity index is 517. The highest BCUT2D eigenvalue weighted by molar-refractivity contribution is 7.89. The predicted molar refractivity (Wildman–Crippen MR) is 75.1 cm³/mol. The van der Waals surface area contributed by atoms with Gasteiger partial charge in [-0.15, -0.1) is 0 Å². The van der Waals surface area contributed by atoms with Gasteiger partial charge in [0, 0.05) is 11.1 Å². The van der Waals surface area contributed by atoms with Crippen molar-refractivity contribution >= 4 is 27.3 Å². The van der Waals surface area contributed by atoms with Crippen LogP contribution in [0.4, 0.5) is 5.69 Å². The van der Waals surface area contributed by atoms with Crippen molar-refractivity contribution in [3.8, 4) is 0 Å². The minimum Gasteiger partial charge on any atom is -0.398 e. The van der Waals surface area contributed by atoms with Crippen molar-refractivity contribution in [2.45, 2.75) is 38.1 Å². The molecule has 2 atom stereocenters. The molecular formula is C12H19ClN2O2S. The zero-order chi connectivity index (χ0) is 13.9. The molecule has 0 radical (unpaired) electrons. The summed E-state index contributed by atoms with van der Waals surface area (Å²) in [7, 11) is -3.63. The molecule has 0 heterocycles. The number of halogens is 1. The van der Waals surface area contributed by atoms with Gasteiger partial charge < -0.3 is 5.73 Å². The van der Waals surface area contributed by atoms with Gasteiger partial charge in [0.05, 0.1) is 5.69 Å². The molecule has 1 aromatic carbocycles. The third-order valence-corrected chi connectivity index (χ3v) is 4.95. The second-order valence-corrected chi connectivity index (χ2v) is 6.60. The Balaban J connectivity index is 3.03. The van der Waals surface area contributed by atoms with Gasteiger partial charge in [0.15, 0.2) is 0 Å². The average Bonchev–Trinajstić information content (AvgIpc) is 2.30. The maximum Gasteiger partial charge on any atom is 0.242 e. The third kappa shape index (κ3) is 3.60. The first-order valence-electron chi connectivity index (χ1n) is 5.85. The summed E-state index contributed by atoms with van der Waals surface area (Å²) in [5.74, 6) is 0.250. The van der Waals surface area contributed by atoms with Gasteiger partial charge in [-0.3, -0.25) is 0 Å². The molecule has 0 aromatic heterocycles. The van der Waals surface area contributed by atoms with Gasteiger partial charge in [-0.1, -0.05) is 31.9 Å². The number of nitrogens with one attached hydrogen (secondary N) is 1. The smallest absolute Gasteiger partial charge is 0.242 e. The van der Waals surface area contributed by atoms with E-state index in [0.717, 1.165) is 6.42 Å². The van der Waals surface area contributed by atoms with E-state index in [1.54, 1.807) is 6.07 Å². The molecular weight excluding hydrogens is 272 g/mol. The first kappa shape index (κ1) is 15.3. The molecule has 0 spiro atoms. The molecule has 3 N–H and O–H groups in total. The zero-order valence-electron chi connectivity index (χ0n) is 10.8. The first-order chi connectivity index (χ1) is 8.27. The van der Waals surface area contributed by atoms with Crippen LogP contribution in [0.15, 0.2) is 23.1 Å². The quantitative estimate of drug-likeness (QED) is 0.819. The summed E-state index contributed by atoms with van der Waals surface area (Å²) in [5, 5.41) is 0.348. The second kappa shape index (κ2) is 5.91. The van der Waals surface area contributed by atoms with E-state index in [0.29, 0.717) is 5.02 Å². The van der Waals surface area contributed by atoms with Crippen LogP contribution in [0.2, 0.25) is 5.02 Å². The number of rotatable bonds is 5. The summed E-state index contributed by atoms with van der Waals surface area (Å²) >= 11 is 5.80. The Labute approximate surface area is 114 Å². The van der Waals surface area contributed by atoms with Gasteiger partial charge >= 0.3 is 0 Å². The first-order valence-corrected chi connectivity index (χ1v) is 7.71. The molecule has 0 aliphatic rings. The Kier molecular flexibility index (Phi) is 5.01. The van der Waals surface area contributed by atoms with Crippen molar-refractivity contribution in [2.75, 3.05) is 5.73 Å². The number of hydrogen-bond acceptors (Lipinski definition) is 3. The lowest BCUT2D eigenvalue weighted by molar-refractivity contribution is 0.434. The van der Waals surface area contributed by atoms with Gasteiger partial charge in [-0.2, -0.15) is 0 Å². The molecule has 0 fully saturated rings. The number of anilines is 1. The fourth-order valence-corrected chi connectivity index (χ4v) is 3.26. The van der Waals surface area contributed by atoms with Gasteiger partial charge in [-0.25, -0.2) is 13.1 Å². The molecule has 4 nitrogen and oxygen atoms in total. The van der Waals surface area contributed by atoms with E-state index in [-0.39, 0.29) is 22.5 Å². The molecule has 0 amide bonds. The van der Waals surface area contributed by atoms with E-state index < -0.39 is 10.0 Å². The lowest BCUT2D eigenvalue weighted by atomic mass is 10.0. The van der Waals surface area contributed by atoms with Crippen molar-refractivity contribution < 1.29 is 8.42 Å². The van der Waals surface area contributed by atoms with E-state index in [2.05, 4.69) is 4.72 Å². The topological polar surface area (TPSA) is 72.2 Å². The van der Waals surface area contributed by atoms with Crippen LogP contribution in [0, 0.1) is 5.92 Å². The normalized spacial score (nSPS) is 15.3. The Morgan fingerprint density at radius 3 is 2.56 bits per heavy atom. The van der Waals surface area contributed by atoms with Gasteiger partial charge in [0.1, 0.15) is 4.90 Å². The van der Waals surface area contributed by atoms with E-state index >= 15 is 0 Å². The summed E-state index contributed by atoms with van der Waals surface area (Å²) in [5.41, 5.74) is 5.88. The van der Waals surface area contributed by atoms with Crippen molar-refractivity contribution in [1.29, 1.82) is 0 Å². The SMILES string of the molecule is CCC(C)C(C)NS(=O)(=O)c1cc(Cl)ccc1N. The monoisotopic (exact) mass is 290 g/mol. The minimum atomic E-state index is -3.63. The zero-order valence-corrected chi connectivity index (χ0v) is 12.3. The Morgan fingerprint density at radius 1 is 1.39 bits per heavy atom. The van der Waals surface area contributed by atoms with Crippen LogP contribution in [0.1, 0.15) is 27.2 Å². The van der Waals surface area contributed by atoms with Gasteiger partial charge in [0.2, 0.25) is 10.0 Å². The lowest BCUT2D eigenvalue weighted by Crippen LogP contribution is -2.37. The third-order valence-electron chi connectivity index (χ3n) is 3.10. The number of nitrogens with two attached hydrogens (primary N) is 1. The van der Waals surface area contributed by atoms with E-state index in [9.17, 15) is 8.42 Å². The highest BCUT2D eigenvalue weighted by atomic mass is 35.5. The summed E-state index contributed by atoms with van der Waals surface area (Å²) < 4.78 is 27.0. The van der Waals surface area contributed by atoms with Crippen LogP contribution in [0.5, 0.6) is 0 Å². The fourth-order valence-electron chi connectivity index (χ4n) is 1.52. The molecule has 0 saturated carbocycles. The van der Waals surface area contributed by atoms with E-state index in [1.807, 2.05) is 20.8 Å². The average molecular weight is 291 g/mol. The number of hydrogen-bond donors (Lipinski definition) is 2. The number of nitrogen functional groups attached to an aromatic ring is 1. The highest BCUT2D eigenvalue weighted by Gasteiger charge is 2.22. The van der Waals surface area contributed by atoms with Crippen LogP contribution in [0.25, 0.3) is 0 Å². The van der Waals surface area contributed by atoms with E-state index in [4.69, 9.17) is 17.3 Å². The molecule has 0 saturated heterocycles. The van der Waals surface area contributed by atoms with Crippen molar-refractivity contribution in [3.05, 3.63) is 23.2 Å². The van der Waals surface area contributed by atoms with Crippen LogP contribution < -0.4 is 10.5 Å². The molecule has 1 rings (SSSR count). The number of benzene rings is 1. The molecule has 2 unspecified atom stereocenters. The largest absolute Gasteiger partial charge is 0.398 e.